The molecule has 1 heterocycles. The number of nitrogens with one attached hydrogen (secondary N) is 3. The minimum absolute atomic E-state index is 0.0798. The van der Waals surface area contributed by atoms with Crippen LogP contribution in [0, 0.1) is 5.92 Å². The van der Waals surface area contributed by atoms with Gasteiger partial charge in [0.05, 0.1) is 6.54 Å². The molecular formula is C13H20N4O3. The summed E-state index contributed by atoms with van der Waals surface area (Å²) < 4.78 is 0. The van der Waals surface area contributed by atoms with Crippen molar-refractivity contribution in [2.75, 3.05) is 12.0 Å². The lowest BCUT2D eigenvalue weighted by Gasteiger charge is -2.16. The lowest BCUT2D eigenvalue weighted by Crippen LogP contribution is -2.45. The monoisotopic (exact) mass is 280 g/mol. The summed E-state index contributed by atoms with van der Waals surface area (Å²) in [6.45, 7) is 3.78. The average Bonchev–Trinajstić information content (AvgIpc) is 2.41. The van der Waals surface area contributed by atoms with Gasteiger partial charge in [-0.1, -0.05) is 19.9 Å². The molecule has 1 rings (SSSR count). The average molecular weight is 280 g/mol. The van der Waals surface area contributed by atoms with E-state index in [1.54, 1.807) is 24.4 Å². The maximum Gasteiger partial charge on any atom is 0.320 e. The number of hydrazine groups is 1. The van der Waals surface area contributed by atoms with Crippen molar-refractivity contribution in [3.63, 3.8) is 0 Å². The molecule has 1 amide bonds. The zero-order valence-electron chi connectivity index (χ0n) is 11.6. The fourth-order valence-electron chi connectivity index (χ4n) is 1.57. The van der Waals surface area contributed by atoms with Crippen molar-refractivity contribution in [3.8, 4) is 0 Å². The minimum Gasteiger partial charge on any atom is -0.480 e. The molecule has 0 aliphatic carbocycles. The summed E-state index contributed by atoms with van der Waals surface area (Å²) in [5, 5.41) is 11.7. The predicted octanol–water partition coefficient (Wildman–Crippen LogP) is 0.614. The van der Waals surface area contributed by atoms with Crippen molar-refractivity contribution in [3.05, 3.63) is 24.4 Å². The Labute approximate surface area is 117 Å². The molecule has 0 saturated carbocycles. The summed E-state index contributed by atoms with van der Waals surface area (Å²) in [4.78, 5) is 26.6. The molecule has 7 heteroatoms. The molecule has 7 nitrogen and oxygen atoms in total. The topological polar surface area (TPSA) is 103 Å². The molecule has 1 aromatic rings. The van der Waals surface area contributed by atoms with Gasteiger partial charge in [-0.15, -0.1) is 0 Å². The van der Waals surface area contributed by atoms with Crippen LogP contribution in [0.3, 0.4) is 0 Å². The normalized spacial score (nSPS) is 11.9. The van der Waals surface area contributed by atoms with Gasteiger partial charge >= 0.3 is 5.97 Å². The lowest BCUT2D eigenvalue weighted by molar-refractivity contribution is -0.140. The van der Waals surface area contributed by atoms with Crippen LogP contribution in [0.1, 0.15) is 20.3 Å². The summed E-state index contributed by atoms with van der Waals surface area (Å²) >= 11 is 0. The van der Waals surface area contributed by atoms with Crippen LogP contribution in [-0.2, 0) is 9.59 Å². The highest BCUT2D eigenvalue weighted by molar-refractivity contribution is 5.80. The fourth-order valence-corrected chi connectivity index (χ4v) is 1.57. The quantitative estimate of drug-likeness (QED) is 0.520. The van der Waals surface area contributed by atoms with E-state index in [4.69, 9.17) is 5.11 Å². The molecule has 0 fully saturated rings. The highest BCUT2D eigenvalue weighted by atomic mass is 16.4. The molecule has 4 N–H and O–H groups in total. The highest BCUT2D eigenvalue weighted by Gasteiger charge is 2.19. The molecule has 0 saturated heterocycles. The molecule has 0 aromatic carbocycles. The largest absolute Gasteiger partial charge is 0.480 e. The van der Waals surface area contributed by atoms with Crippen molar-refractivity contribution in [2.24, 2.45) is 5.92 Å². The van der Waals surface area contributed by atoms with E-state index in [1.807, 2.05) is 13.8 Å². The highest BCUT2D eigenvalue weighted by Crippen LogP contribution is 2.04. The Morgan fingerprint density at radius 3 is 2.65 bits per heavy atom. The van der Waals surface area contributed by atoms with Crippen LogP contribution >= 0.6 is 0 Å². The first-order chi connectivity index (χ1) is 9.49. The van der Waals surface area contributed by atoms with E-state index in [-0.39, 0.29) is 18.4 Å². The first kappa shape index (κ1) is 15.9. The summed E-state index contributed by atoms with van der Waals surface area (Å²) in [6.07, 6.45) is 2.06. The number of pyridine rings is 1. The van der Waals surface area contributed by atoms with Crippen LogP contribution in [0.2, 0.25) is 0 Å². The Hall–Kier alpha value is -2.15. The van der Waals surface area contributed by atoms with Crippen molar-refractivity contribution in [1.82, 2.24) is 15.7 Å². The smallest absolute Gasteiger partial charge is 0.320 e. The molecule has 1 aromatic heterocycles. The Kier molecular flexibility index (Phi) is 6.45. The zero-order chi connectivity index (χ0) is 15.0. The van der Waals surface area contributed by atoms with Gasteiger partial charge in [0.2, 0.25) is 0 Å². The third-order valence-electron chi connectivity index (χ3n) is 2.51. The predicted molar refractivity (Wildman–Crippen MR) is 74.9 cm³/mol. The molecule has 0 spiro atoms. The fraction of sp³-hybridized carbons (Fsp3) is 0.462. The van der Waals surface area contributed by atoms with Crippen molar-refractivity contribution >= 4 is 17.7 Å². The van der Waals surface area contributed by atoms with Gasteiger partial charge in [0.25, 0.3) is 5.91 Å². The van der Waals surface area contributed by atoms with E-state index in [0.717, 1.165) is 0 Å². The molecule has 1 unspecified atom stereocenters. The Morgan fingerprint density at radius 2 is 2.10 bits per heavy atom. The maximum atomic E-state index is 11.6. The lowest BCUT2D eigenvalue weighted by atomic mass is 10.0. The second kappa shape index (κ2) is 8.11. The number of hydrogen-bond donors (Lipinski definition) is 4. The first-order valence-corrected chi connectivity index (χ1v) is 6.41. The molecule has 110 valence electrons. The zero-order valence-corrected chi connectivity index (χ0v) is 11.6. The van der Waals surface area contributed by atoms with E-state index in [2.05, 4.69) is 21.2 Å². The van der Waals surface area contributed by atoms with Crippen molar-refractivity contribution in [2.45, 2.75) is 26.3 Å². The molecule has 0 aliphatic rings. The maximum absolute atomic E-state index is 11.6. The molecule has 0 aliphatic heterocycles. The van der Waals surface area contributed by atoms with Crippen LogP contribution < -0.4 is 16.2 Å². The van der Waals surface area contributed by atoms with Gasteiger partial charge in [-0.25, -0.2) is 4.98 Å². The van der Waals surface area contributed by atoms with Crippen molar-refractivity contribution in [1.29, 1.82) is 0 Å². The number of anilines is 1. The van der Waals surface area contributed by atoms with E-state index < -0.39 is 12.0 Å². The van der Waals surface area contributed by atoms with E-state index in [1.165, 1.54) is 0 Å². The number of carboxylic acid groups (broad SMARTS) is 1. The van der Waals surface area contributed by atoms with E-state index in [9.17, 15) is 9.59 Å². The second-order valence-electron chi connectivity index (χ2n) is 4.79. The molecular weight excluding hydrogens is 260 g/mol. The van der Waals surface area contributed by atoms with E-state index in [0.29, 0.717) is 12.2 Å². The number of aromatic nitrogens is 1. The Bertz CT molecular complexity index is 437. The van der Waals surface area contributed by atoms with Crippen LogP contribution in [-0.4, -0.2) is 34.6 Å². The van der Waals surface area contributed by atoms with Gasteiger partial charge < -0.3 is 5.11 Å². The van der Waals surface area contributed by atoms with Crippen LogP contribution in [0.4, 0.5) is 5.82 Å². The standard InChI is InChI=1S/C13H20N4O3/c1-9(2)7-10(13(19)20)15-8-12(18)17-16-11-5-3-4-6-14-11/h3-6,9-10,15H,7-8H2,1-2H3,(H,14,16)(H,17,18)(H,19,20). The van der Waals surface area contributed by atoms with Gasteiger partial charge in [-0.05, 0) is 24.5 Å². The second-order valence-corrected chi connectivity index (χ2v) is 4.79. The number of aliphatic carboxylic acids is 1. The molecule has 20 heavy (non-hydrogen) atoms. The minimum atomic E-state index is -0.954. The number of hydrogen-bond acceptors (Lipinski definition) is 5. The third kappa shape index (κ3) is 6.14. The SMILES string of the molecule is CC(C)CC(NCC(=O)NNc1ccccn1)C(=O)O. The molecule has 0 radical (unpaired) electrons. The first-order valence-electron chi connectivity index (χ1n) is 6.41. The van der Waals surface area contributed by atoms with Crippen molar-refractivity contribution < 1.29 is 14.7 Å². The number of rotatable bonds is 8. The molecule has 0 bridgehead atoms. The summed E-state index contributed by atoms with van der Waals surface area (Å²) in [6, 6.07) is 4.52. The van der Waals surface area contributed by atoms with Gasteiger partial charge in [0.1, 0.15) is 11.9 Å². The van der Waals surface area contributed by atoms with Crippen LogP contribution in [0.5, 0.6) is 0 Å². The number of carbonyl (C=O) groups is 2. The van der Waals surface area contributed by atoms with Gasteiger partial charge in [-0.3, -0.25) is 25.8 Å². The molecule has 1 atom stereocenters. The van der Waals surface area contributed by atoms with Crippen LogP contribution in [0.25, 0.3) is 0 Å². The number of nitrogens with zero attached hydrogens (tertiary/aromatic N) is 1. The van der Waals surface area contributed by atoms with Gasteiger partial charge in [0, 0.05) is 6.20 Å². The van der Waals surface area contributed by atoms with Gasteiger partial charge in [-0.2, -0.15) is 0 Å². The third-order valence-corrected chi connectivity index (χ3v) is 2.51. The summed E-state index contributed by atoms with van der Waals surface area (Å²) in [5.41, 5.74) is 5.08. The van der Waals surface area contributed by atoms with Gasteiger partial charge in [0.15, 0.2) is 0 Å². The number of amides is 1. The Balaban J connectivity index is 2.32. The Morgan fingerprint density at radius 1 is 1.35 bits per heavy atom. The van der Waals surface area contributed by atoms with E-state index >= 15 is 0 Å². The summed E-state index contributed by atoms with van der Waals surface area (Å²) in [7, 11) is 0. The van der Waals surface area contributed by atoms with Crippen LogP contribution in [0.15, 0.2) is 24.4 Å². The number of carbonyl (C=O) groups excluding carboxylic acids is 1. The number of carboxylic acids is 1. The summed E-state index contributed by atoms with van der Waals surface area (Å²) in [5.74, 6) is -0.564.